The molecule has 2 aliphatic rings. The van der Waals surface area contributed by atoms with Crippen molar-refractivity contribution in [3.63, 3.8) is 0 Å². The predicted molar refractivity (Wildman–Crippen MR) is 129 cm³/mol. The average Bonchev–Trinajstić information content (AvgIpc) is 3.44. The molecule has 35 heavy (non-hydrogen) atoms. The summed E-state index contributed by atoms with van der Waals surface area (Å²) in [6.07, 6.45) is 2.98. The van der Waals surface area contributed by atoms with Crippen LogP contribution in [0.1, 0.15) is 82.6 Å². The standard InChI is InChI=1S/C25H33FN4O5/c1-24(2,3)34-22(32)17-11-16(14-7-8-14)19-28-20(18(26)13-30(19)21(17)31)29-10-9-15(12-29)27-23(33)35-25(4,5)6/h11,13-15H,7-10,12H2,1-6H3,(H,27,33). The summed E-state index contributed by atoms with van der Waals surface area (Å²) in [5, 5.41) is 2.82. The number of carbonyl (C=O) groups excluding carboxylic acids is 2. The molecule has 1 N–H and O–H groups in total. The number of rotatable bonds is 4. The third-order valence-electron chi connectivity index (χ3n) is 5.75. The minimum atomic E-state index is -0.768. The molecule has 9 nitrogen and oxygen atoms in total. The lowest BCUT2D eigenvalue weighted by Crippen LogP contribution is -2.40. The van der Waals surface area contributed by atoms with Crippen LogP contribution in [0.4, 0.5) is 15.0 Å². The second kappa shape index (κ2) is 8.80. The van der Waals surface area contributed by atoms with Gasteiger partial charge in [0.05, 0.1) is 12.2 Å². The molecule has 0 spiro atoms. The minimum Gasteiger partial charge on any atom is -0.456 e. The van der Waals surface area contributed by atoms with E-state index in [1.165, 1.54) is 0 Å². The number of nitrogens with one attached hydrogen (secondary N) is 1. The van der Waals surface area contributed by atoms with Crippen LogP contribution in [-0.2, 0) is 9.47 Å². The van der Waals surface area contributed by atoms with Gasteiger partial charge in [0, 0.05) is 13.1 Å². The molecule has 2 aromatic rings. The van der Waals surface area contributed by atoms with E-state index in [1.54, 1.807) is 52.5 Å². The van der Waals surface area contributed by atoms with Crippen molar-refractivity contribution >= 4 is 23.5 Å². The maximum Gasteiger partial charge on any atom is 0.407 e. The molecule has 0 radical (unpaired) electrons. The Morgan fingerprint density at radius 2 is 1.74 bits per heavy atom. The maximum atomic E-state index is 15.2. The number of hydrogen-bond acceptors (Lipinski definition) is 7. The van der Waals surface area contributed by atoms with Gasteiger partial charge in [-0.05, 0) is 78.4 Å². The molecule has 2 aromatic heterocycles. The van der Waals surface area contributed by atoms with E-state index in [2.05, 4.69) is 10.3 Å². The number of anilines is 1. The fraction of sp³-hybridized carbons (Fsp3) is 0.600. The summed E-state index contributed by atoms with van der Waals surface area (Å²) >= 11 is 0. The van der Waals surface area contributed by atoms with Crippen LogP contribution in [0.5, 0.6) is 0 Å². The first-order valence-electron chi connectivity index (χ1n) is 12.0. The smallest absolute Gasteiger partial charge is 0.407 e. The number of esters is 1. The zero-order valence-electron chi connectivity index (χ0n) is 21.1. The first-order valence-corrected chi connectivity index (χ1v) is 12.0. The number of nitrogens with zero attached hydrogens (tertiary/aromatic N) is 3. The molecule has 0 aromatic carbocycles. The largest absolute Gasteiger partial charge is 0.456 e. The van der Waals surface area contributed by atoms with Gasteiger partial charge in [-0.1, -0.05) is 0 Å². The molecule has 4 rings (SSSR count). The summed E-state index contributed by atoms with van der Waals surface area (Å²) in [5.74, 6) is -1.15. The normalized spacial score (nSPS) is 18.6. The number of hydrogen-bond donors (Lipinski definition) is 1. The molecule has 1 aliphatic carbocycles. The number of alkyl carbamates (subject to hydrolysis) is 1. The van der Waals surface area contributed by atoms with Crippen LogP contribution in [0.2, 0.25) is 0 Å². The first kappa shape index (κ1) is 24.9. The van der Waals surface area contributed by atoms with Crippen LogP contribution in [0.25, 0.3) is 5.65 Å². The third kappa shape index (κ3) is 5.74. The minimum absolute atomic E-state index is 0.116. The van der Waals surface area contributed by atoms with Crippen LogP contribution < -0.4 is 15.8 Å². The van der Waals surface area contributed by atoms with E-state index in [0.717, 1.165) is 29.0 Å². The molecule has 0 bridgehead atoms. The van der Waals surface area contributed by atoms with Crippen molar-refractivity contribution in [2.75, 3.05) is 18.0 Å². The van der Waals surface area contributed by atoms with E-state index < -0.39 is 34.6 Å². The van der Waals surface area contributed by atoms with Gasteiger partial charge >= 0.3 is 12.1 Å². The van der Waals surface area contributed by atoms with Crippen LogP contribution in [-0.4, -0.2) is 51.8 Å². The number of aromatic nitrogens is 2. The Hall–Kier alpha value is -3.17. The number of fused-ring (bicyclic) bond motifs is 1. The van der Waals surface area contributed by atoms with E-state index in [-0.39, 0.29) is 23.3 Å². The Labute approximate surface area is 203 Å². The highest BCUT2D eigenvalue weighted by molar-refractivity contribution is 5.90. The van der Waals surface area contributed by atoms with Gasteiger partial charge in [-0.2, -0.15) is 0 Å². The van der Waals surface area contributed by atoms with E-state index in [4.69, 9.17) is 9.47 Å². The summed E-state index contributed by atoms with van der Waals surface area (Å²) in [4.78, 5) is 44.2. The predicted octanol–water partition coefficient (Wildman–Crippen LogP) is 3.77. The zero-order chi connectivity index (χ0) is 25.7. The van der Waals surface area contributed by atoms with Crippen molar-refractivity contribution < 1.29 is 23.5 Å². The molecule has 1 aliphatic heterocycles. The lowest BCUT2D eigenvalue weighted by Gasteiger charge is -2.23. The van der Waals surface area contributed by atoms with Crippen LogP contribution >= 0.6 is 0 Å². The molecule has 1 atom stereocenters. The summed E-state index contributed by atoms with van der Waals surface area (Å²) < 4.78 is 27.0. The molecule has 2 fully saturated rings. The van der Waals surface area contributed by atoms with E-state index >= 15 is 4.39 Å². The molecule has 1 unspecified atom stereocenters. The Balaban J connectivity index is 1.64. The first-order chi connectivity index (χ1) is 16.2. The lowest BCUT2D eigenvalue weighted by atomic mass is 10.1. The topological polar surface area (TPSA) is 102 Å². The molecule has 3 heterocycles. The Bertz CT molecular complexity index is 1220. The van der Waals surface area contributed by atoms with Gasteiger partial charge in [0.25, 0.3) is 5.56 Å². The average molecular weight is 489 g/mol. The highest BCUT2D eigenvalue weighted by Gasteiger charge is 2.33. The van der Waals surface area contributed by atoms with Crippen LogP contribution in [0, 0.1) is 5.82 Å². The van der Waals surface area contributed by atoms with E-state index in [1.807, 2.05) is 0 Å². The van der Waals surface area contributed by atoms with Gasteiger partial charge in [0.2, 0.25) is 0 Å². The molecule has 1 amide bonds. The Kier molecular flexibility index (Phi) is 6.27. The molecule has 1 saturated heterocycles. The van der Waals surface area contributed by atoms with Crippen LogP contribution in [0.3, 0.4) is 0 Å². The SMILES string of the molecule is CC(C)(C)OC(=O)NC1CCN(c2nc3c(C4CC4)cc(C(=O)OC(C)(C)C)c(=O)n3cc2F)C1. The molecular formula is C25H33FN4O5. The number of carbonyl (C=O) groups is 2. The molecule has 1 saturated carbocycles. The highest BCUT2D eigenvalue weighted by Crippen LogP contribution is 2.42. The number of halogens is 1. The summed E-state index contributed by atoms with van der Waals surface area (Å²) in [6, 6.07) is 1.33. The summed E-state index contributed by atoms with van der Waals surface area (Å²) in [7, 11) is 0. The quantitative estimate of drug-likeness (QED) is 0.654. The number of ether oxygens (including phenoxy) is 2. The fourth-order valence-electron chi connectivity index (χ4n) is 4.15. The summed E-state index contributed by atoms with van der Waals surface area (Å²) in [6.45, 7) is 11.4. The van der Waals surface area contributed by atoms with Crippen molar-refractivity contribution in [3.8, 4) is 0 Å². The number of amides is 1. The van der Waals surface area contributed by atoms with Crippen molar-refractivity contribution in [2.45, 2.75) is 84.0 Å². The molecule has 190 valence electrons. The van der Waals surface area contributed by atoms with Gasteiger partial charge < -0.3 is 19.7 Å². The van der Waals surface area contributed by atoms with Crippen molar-refractivity contribution in [3.05, 3.63) is 39.6 Å². The Morgan fingerprint density at radius 3 is 2.34 bits per heavy atom. The van der Waals surface area contributed by atoms with E-state index in [9.17, 15) is 14.4 Å². The number of pyridine rings is 1. The van der Waals surface area contributed by atoms with Crippen molar-refractivity contribution in [2.24, 2.45) is 0 Å². The Morgan fingerprint density at radius 1 is 1.09 bits per heavy atom. The zero-order valence-corrected chi connectivity index (χ0v) is 21.1. The van der Waals surface area contributed by atoms with E-state index in [0.29, 0.717) is 25.2 Å². The van der Waals surface area contributed by atoms with Gasteiger partial charge in [-0.3, -0.25) is 9.20 Å². The van der Waals surface area contributed by atoms with Gasteiger partial charge in [0.15, 0.2) is 11.6 Å². The van der Waals surface area contributed by atoms with Gasteiger partial charge in [-0.15, -0.1) is 0 Å². The molecular weight excluding hydrogens is 455 g/mol. The highest BCUT2D eigenvalue weighted by atomic mass is 19.1. The lowest BCUT2D eigenvalue weighted by molar-refractivity contribution is 0.00668. The second-order valence-corrected chi connectivity index (χ2v) is 11.3. The molecule has 10 heteroatoms. The fourth-order valence-corrected chi connectivity index (χ4v) is 4.15. The van der Waals surface area contributed by atoms with Gasteiger partial charge in [0.1, 0.15) is 22.4 Å². The van der Waals surface area contributed by atoms with Gasteiger partial charge in [-0.25, -0.2) is 19.0 Å². The second-order valence-electron chi connectivity index (χ2n) is 11.3. The summed E-state index contributed by atoms with van der Waals surface area (Å²) in [5.41, 5.74) is -1.10. The van der Waals surface area contributed by atoms with Crippen molar-refractivity contribution in [1.82, 2.24) is 14.7 Å². The third-order valence-corrected chi connectivity index (χ3v) is 5.75. The maximum absolute atomic E-state index is 15.2. The monoisotopic (exact) mass is 488 g/mol. The van der Waals surface area contributed by atoms with Crippen molar-refractivity contribution in [1.29, 1.82) is 0 Å². The van der Waals surface area contributed by atoms with Crippen LogP contribution in [0.15, 0.2) is 17.1 Å².